The third-order valence-electron chi connectivity index (χ3n) is 1.43. The maximum atomic E-state index is 10.4. The number of carboxylic acids is 2. The predicted molar refractivity (Wildman–Crippen MR) is 54.5 cm³/mol. The van der Waals surface area contributed by atoms with E-state index in [4.69, 9.17) is 10.2 Å². The Morgan fingerprint density at radius 1 is 0.933 bits per heavy atom. The van der Waals surface area contributed by atoms with Crippen LogP contribution < -0.4 is 0 Å². The molecule has 0 amide bonds. The van der Waals surface area contributed by atoms with Crippen LogP contribution >= 0.6 is 0 Å². The minimum absolute atomic E-state index is 0.267. The van der Waals surface area contributed by atoms with E-state index >= 15 is 0 Å². The van der Waals surface area contributed by atoms with E-state index < -0.39 is 21.8 Å². The van der Waals surface area contributed by atoms with E-state index in [2.05, 4.69) is 0 Å². The molecule has 90 valence electrons. The molecule has 0 aliphatic heterocycles. The molecule has 0 aliphatic rings. The number of carboxylic acid groups (broad SMARTS) is 2. The summed E-state index contributed by atoms with van der Waals surface area (Å²) in [5.41, 5.74) is 0. The second-order valence-corrected chi connectivity index (χ2v) is 5.25. The summed E-state index contributed by atoms with van der Waals surface area (Å²) in [5.74, 6) is -1.62. The zero-order valence-corrected chi connectivity index (χ0v) is 9.58. The van der Waals surface area contributed by atoms with Crippen LogP contribution in [-0.2, 0) is 19.4 Å². The van der Waals surface area contributed by atoms with Crippen molar-refractivity contribution in [3.05, 3.63) is 0 Å². The van der Waals surface area contributed by atoms with Gasteiger partial charge in [-0.25, -0.2) is 8.42 Å². The van der Waals surface area contributed by atoms with Gasteiger partial charge in [-0.3, -0.25) is 9.59 Å². The minimum Gasteiger partial charge on any atom is -0.481 e. The lowest BCUT2D eigenvalue weighted by Crippen LogP contribution is -2.04. The lowest BCUT2D eigenvalue weighted by Gasteiger charge is -1.89. The van der Waals surface area contributed by atoms with Crippen LogP contribution in [0.15, 0.2) is 0 Å². The molecule has 6 nitrogen and oxygen atoms in total. The highest BCUT2D eigenvalue weighted by molar-refractivity contribution is 7.91. The first-order chi connectivity index (χ1) is 6.75. The van der Waals surface area contributed by atoms with Crippen molar-refractivity contribution in [2.75, 3.05) is 11.5 Å². The van der Waals surface area contributed by atoms with Crippen molar-refractivity contribution in [2.45, 2.75) is 26.7 Å². The average molecular weight is 240 g/mol. The van der Waals surface area contributed by atoms with E-state index in [0.717, 1.165) is 0 Å². The van der Waals surface area contributed by atoms with Crippen LogP contribution in [0.25, 0.3) is 0 Å². The van der Waals surface area contributed by atoms with E-state index in [1.807, 2.05) is 0 Å². The summed E-state index contributed by atoms with van der Waals surface area (Å²) in [7, 11) is -2.66. The highest BCUT2D eigenvalue weighted by Gasteiger charge is 2.00. The number of sulfone groups is 1. The van der Waals surface area contributed by atoms with Gasteiger partial charge in [0.05, 0.1) is 12.8 Å². The number of rotatable bonds is 5. The van der Waals surface area contributed by atoms with Crippen molar-refractivity contribution in [3.63, 3.8) is 0 Å². The van der Waals surface area contributed by atoms with Gasteiger partial charge in [-0.05, 0) is 0 Å². The van der Waals surface area contributed by atoms with E-state index in [1.165, 1.54) is 0 Å². The van der Waals surface area contributed by atoms with Gasteiger partial charge in [-0.15, -0.1) is 0 Å². The third-order valence-corrected chi connectivity index (χ3v) is 3.19. The Morgan fingerprint density at radius 2 is 1.20 bits per heavy atom. The Kier molecular flexibility index (Phi) is 8.94. The summed E-state index contributed by atoms with van der Waals surface area (Å²) in [5, 5.41) is 15.8. The number of carbonyl (C=O) groups is 2. The van der Waals surface area contributed by atoms with Crippen LogP contribution in [0.4, 0.5) is 0 Å². The van der Waals surface area contributed by atoms with Crippen LogP contribution in [-0.4, -0.2) is 42.1 Å². The molecule has 0 heterocycles. The molecule has 0 spiro atoms. The Bertz CT molecular complexity index is 268. The predicted octanol–water partition coefficient (Wildman–Crippen LogP) is 0.377. The molecule has 15 heavy (non-hydrogen) atoms. The Hall–Kier alpha value is -1.11. The van der Waals surface area contributed by atoms with Crippen molar-refractivity contribution in [1.29, 1.82) is 0 Å². The Labute approximate surface area is 88.8 Å². The third kappa shape index (κ3) is 15.6. The van der Waals surface area contributed by atoms with Gasteiger partial charge < -0.3 is 10.2 Å². The fourth-order valence-electron chi connectivity index (χ4n) is 0.418. The number of aliphatic carboxylic acids is 2. The molecule has 0 rings (SSSR count). The van der Waals surface area contributed by atoms with Gasteiger partial charge in [-0.1, -0.05) is 13.8 Å². The molecule has 0 aromatic rings. The van der Waals surface area contributed by atoms with Crippen molar-refractivity contribution in [3.8, 4) is 0 Å². The highest BCUT2D eigenvalue weighted by atomic mass is 32.2. The molecule has 0 radical (unpaired) electrons. The van der Waals surface area contributed by atoms with Crippen LogP contribution in [0.2, 0.25) is 0 Å². The summed E-state index contributed by atoms with van der Waals surface area (Å²) >= 11 is 0. The maximum Gasteiger partial charge on any atom is 0.303 e. The topological polar surface area (TPSA) is 109 Å². The van der Waals surface area contributed by atoms with Crippen molar-refractivity contribution < 1.29 is 28.2 Å². The summed E-state index contributed by atoms with van der Waals surface area (Å²) in [6.07, 6.45) is -0.593. The van der Waals surface area contributed by atoms with Crippen molar-refractivity contribution >= 4 is 21.8 Å². The zero-order chi connectivity index (χ0) is 12.5. The summed E-state index contributed by atoms with van der Waals surface area (Å²) in [6.45, 7) is 3.30. The second kappa shape index (κ2) is 8.22. The quantitative estimate of drug-likeness (QED) is 0.719. The van der Waals surface area contributed by atoms with Gasteiger partial charge in [0.25, 0.3) is 0 Å². The fraction of sp³-hybridized carbons (Fsp3) is 0.750. The largest absolute Gasteiger partial charge is 0.481 e. The number of hydrogen-bond donors (Lipinski definition) is 2. The van der Waals surface area contributed by atoms with E-state index in [1.54, 1.807) is 13.8 Å². The highest BCUT2D eigenvalue weighted by Crippen LogP contribution is 1.86. The van der Waals surface area contributed by atoms with Crippen molar-refractivity contribution in [2.24, 2.45) is 0 Å². The average Bonchev–Trinajstić information content (AvgIpc) is 2.16. The molecule has 0 atom stereocenters. The van der Waals surface area contributed by atoms with Gasteiger partial charge in [0, 0.05) is 11.5 Å². The molecule has 0 fully saturated rings. The van der Waals surface area contributed by atoms with Crippen molar-refractivity contribution in [1.82, 2.24) is 0 Å². The molecule has 7 heteroatoms. The molecule has 0 aromatic carbocycles. The van der Waals surface area contributed by atoms with Gasteiger partial charge in [0.2, 0.25) is 0 Å². The summed E-state index contributed by atoms with van der Waals surface area (Å²) in [4.78, 5) is 19.3. The normalized spacial score (nSPS) is 10.0. The summed E-state index contributed by atoms with van der Waals surface area (Å²) < 4.78 is 20.7. The van der Waals surface area contributed by atoms with Gasteiger partial charge in [0.15, 0.2) is 0 Å². The second-order valence-electron chi connectivity index (χ2n) is 2.61. The standard InChI is InChI=1S/C4H6O4.C4H10O2S/c5-3(6)1-2-4(7)8;1-3-7(5,6)4-2/h1-2H2,(H,5,6)(H,7,8);3-4H2,1-2H3. The smallest absolute Gasteiger partial charge is 0.303 e. The molecule has 0 aromatic heterocycles. The van der Waals surface area contributed by atoms with E-state index in [0.29, 0.717) is 0 Å². The molecule has 0 bridgehead atoms. The molecule has 0 saturated carbocycles. The van der Waals surface area contributed by atoms with E-state index in [9.17, 15) is 18.0 Å². The molecule has 0 aliphatic carbocycles. The molecular formula is C8H16O6S. The lowest BCUT2D eigenvalue weighted by atomic mass is 10.3. The first kappa shape index (κ1) is 16.3. The number of hydrogen-bond acceptors (Lipinski definition) is 4. The SMILES string of the molecule is CCS(=O)(=O)CC.O=C(O)CCC(=O)O. The summed E-state index contributed by atoms with van der Waals surface area (Å²) in [6, 6.07) is 0. The minimum atomic E-state index is -2.66. The van der Waals surface area contributed by atoms with Gasteiger partial charge in [-0.2, -0.15) is 0 Å². The first-order valence-electron chi connectivity index (χ1n) is 4.39. The first-order valence-corrected chi connectivity index (χ1v) is 6.21. The molecular weight excluding hydrogens is 224 g/mol. The lowest BCUT2D eigenvalue weighted by molar-refractivity contribution is -0.143. The fourth-order valence-corrected chi connectivity index (χ4v) is 0.826. The molecule has 2 N–H and O–H groups in total. The van der Waals surface area contributed by atoms with Gasteiger partial charge >= 0.3 is 11.9 Å². The Balaban J connectivity index is 0. The van der Waals surface area contributed by atoms with E-state index in [-0.39, 0.29) is 24.3 Å². The molecule has 0 saturated heterocycles. The van der Waals surface area contributed by atoms with Crippen LogP contribution in [0.5, 0.6) is 0 Å². The van der Waals surface area contributed by atoms with Crippen LogP contribution in [0.3, 0.4) is 0 Å². The molecule has 0 unspecified atom stereocenters. The monoisotopic (exact) mass is 240 g/mol. The van der Waals surface area contributed by atoms with Crippen LogP contribution in [0.1, 0.15) is 26.7 Å². The maximum absolute atomic E-state index is 10.4. The van der Waals surface area contributed by atoms with Gasteiger partial charge in [0.1, 0.15) is 9.84 Å². The zero-order valence-electron chi connectivity index (χ0n) is 8.76. The Morgan fingerprint density at radius 3 is 1.27 bits per heavy atom. The van der Waals surface area contributed by atoms with Crippen LogP contribution in [0, 0.1) is 0 Å².